The molecule has 1 aromatic rings. The maximum Gasteiger partial charge on any atom is 0.186 e. The van der Waals surface area contributed by atoms with E-state index in [2.05, 4.69) is 9.88 Å². The fraction of sp³-hybridized carbons (Fsp3) is 0.714. The van der Waals surface area contributed by atoms with Crippen molar-refractivity contribution in [1.29, 1.82) is 0 Å². The molecule has 2 unspecified atom stereocenters. The maximum atomic E-state index is 11.0. The van der Waals surface area contributed by atoms with Gasteiger partial charge < -0.3 is 4.90 Å². The van der Waals surface area contributed by atoms with E-state index in [-0.39, 0.29) is 0 Å². The summed E-state index contributed by atoms with van der Waals surface area (Å²) in [5.41, 5.74) is 0.892. The van der Waals surface area contributed by atoms with E-state index in [1.807, 2.05) is 6.92 Å². The minimum atomic E-state index is 0.678. The number of aldehydes is 1. The van der Waals surface area contributed by atoms with Crippen LogP contribution in [0.5, 0.6) is 0 Å². The van der Waals surface area contributed by atoms with Gasteiger partial charge in [-0.3, -0.25) is 4.79 Å². The second-order valence-corrected chi connectivity index (χ2v) is 6.52. The Labute approximate surface area is 112 Å². The Morgan fingerprint density at radius 3 is 2.83 bits per heavy atom. The molecule has 1 aliphatic carbocycles. The lowest BCUT2D eigenvalue weighted by atomic mass is 9.78. The van der Waals surface area contributed by atoms with Crippen LogP contribution in [-0.2, 0) is 0 Å². The average molecular weight is 264 g/mol. The topological polar surface area (TPSA) is 33.2 Å². The van der Waals surface area contributed by atoms with Gasteiger partial charge in [-0.05, 0) is 38.5 Å². The van der Waals surface area contributed by atoms with Gasteiger partial charge in [0, 0.05) is 12.6 Å². The van der Waals surface area contributed by atoms with Crippen LogP contribution in [0.2, 0.25) is 0 Å². The average Bonchev–Trinajstić information content (AvgIpc) is 2.79. The summed E-state index contributed by atoms with van der Waals surface area (Å²) in [6.07, 6.45) is 9.03. The first kappa shape index (κ1) is 12.2. The lowest BCUT2D eigenvalue weighted by Gasteiger charge is -2.44. The molecule has 98 valence electrons. The summed E-state index contributed by atoms with van der Waals surface area (Å²) < 4.78 is 0. The number of hydrogen-bond acceptors (Lipinski definition) is 4. The Balaban J connectivity index is 1.86. The molecule has 2 heterocycles. The van der Waals surface area contributed by atoms with Crippen LogP contribution in [0.3, 0.4) is 0 Å². The zero-order valence-corrected chi connectivity index (χ0v) is 11.7. The molecule has 1 aliphatic heterocycles. The molecule has 0 aromatic carbocycles. The Morgan fingerprint density at radius 1 is 1.28 bits per heavy atom. The van der Waals surface area contributed by atoms with Crippen LogP contribution >= 0.6 is 11.3 Å². The van der Waals surface area contributed by atoms with Crippen LogP contribution in [0.25, 0.3) is 0 Å². The summed E-state index contributed by atoms with van der Waals surface area (Å²) in [7, 11) is 0. The third-order valence-corrected chi connectivity index (χ3v) is 5.54. The molecule has 3 nitrogen and oxygen atoms in total. The molecule has 2 aliphatic rings. The van der Waals surface area contributed by atoms with Crippen LogP contribution in [0, 0.1) is 12.8 Å². The number of hydrogen-bond donors (Lipinski definition) is 0. The highest BCUT2D eigenvalue weighted by atomic mass is 32.1. The SMILES string of the molecule is Cc1nc(N2CCCC3CCCCC32)sc1C=O. The van der Waals surface area contributed by atoms with Crippen LogP contribution in [0.4, 0.5) is 5.13 Å². The smallest absolute Gasteiger partial charge is 0.186 e. The lowest BCUT2D eigenvalue weighted by Crippen LogP contribution is -2.46. The van der Waals surface area contributed by atoms with Gasteiger partial charge in [-0.1, -0.05) is 24.2 Å². The summed E-state index contributed by atoms with van der Waals surface area (Å²) in [6, 6.07) is 0.678. The van der Waals surface area contributed by atoms with E-state index in [0.29, 0.717) is 6.04 Å². The summed E-state index contributed by atoms with van der Waals surface area (Å²) in [5, 5.41) is 1.08. The Bertz CT molecular complexity index is 441. The third-order valence-electron chi connectivity index (χ3n) is 4.42. The highest BCUT2D eigenvalue weighted by molar-refractivity contribution is 7.17. The number of aromatic nitrogens is 1. The number of fused-ring (bicyclic) bond motifs is 1. The molecule has 0 amide bonds. The van der Waals surface area contributed by atoms with Crippen molar-refractivity contribution in [3.63, 3.8) is 0 Å². The van der Waals surface area contributed by atoms with E-state index in [1.165, 1.54) is 38.5 Å². The molecular weight excluding hydrogens is 244 g/mol. The standard InChI is InChI=1S/C14H20N2OS/c1-10-13(9-17)18-14(15-10)16-8-4-6-11-5-2-3-7-12(11)16/h9,11-12H,2-8H2,1H3. The largest absolute Gasteiger partial charge is 0.345 e. The van der Waals surface area contributed by atoms with E-state index in [1.54, 1.807) is 11.3 Å². The van der Waals surface area contributed by atoms with Crippen molar-refractivity contribution in [2.24, 2.45) is 5.92 Å². The molecular formula is C14H20N2OS. The van der Waals surface area contributed by atoms with E-state index in [9.17, 15) is 4.79 Å². The molecule has 0 radical (unpaired) electrons. The molecule has 3 rings (SSSR count). The molecule has 1 saturated carbocycles. The van der Waals surface area contributed by atoms with Crippen molar-refractivity contribution in [2.75, 3.05) is 11.4 Å². The first-order valence-electron chi connectivity index (χ1n) is 6.99. The number of nitrogens with zero attached hydrogens (tertiary/aromatic N) is 2. The highest BCUT2D eigenvalue weighted by Gasteiger charge is 2.34. The Hall–Kier alpha value is -0.900. The minimum absolute atomic E-state index is 0.678. The Kier molecular flexibility index (Phi) is 3.37. The second-order valence-electron chi connectivity index (χ2n) is 5.51. The fourth-order valence-electron chi connectivity index (χ4n) is 3.49. The van der Waals surface area contributed by atoms with E-state index in [4.69, 9.17) is 0 Å². The monoisotopic (exact) mass is 264 g/mol. The number of carbonyl (C=O) groups excluding carboxylic acids is 1. The van der Waals surface area contributed by atoms with Gasteiger partial charge in [-0.15, -0.1) is 0 Å². The summed E-state index contributed by atoms with van der Waals surface area (Å²) in [5.74, 6) is 0.858. The van der Waals surface area contributed by atoms with Gasteiger partial charge in [-0.2, -0.15) is 0 Å². The predicted molar refractivity (Wildman–Crippen MR) is 74.6 cm³/mol. The number of carbonyl (C=O) groups is 1. The maximum absolute atomic E-state index is 11.0. The number of piperidine rings is 1. The number of rotatable bonds is 2. The molecule has 2 atom stereocenters. The molecule has 0 bridgehead atoms. The normalized spacial score (nSPS) is 27.9. The predicted octanol–water partition coefficient (Wildman–Crippen LogP) is 3.42. The zero-order valence-electron chi connectivity index (χ0n) is 10.9. The Morgan fingerprint density at radius 2 is 2.06 bits per heavy atom. The van der Waals surface area contributed by atoms with E-state index >= 15 is 0 Å². The first-order chi connectivity index (χ1) is 8.79. The van der Waals surface area contributed by atoms with Crippen molar-refractivity contribution in [2.45, 2.75) is 51.5 Å². The second kappa shape index (κ2) is 5.00. The minimum Gasteiger partial charge on any atom is -0.345 e. The highest BCUT2D eigenvalue weighted by Crippen LogP contribution is 2.39. The van der Waals surface area contributed by atoms with Crippen molar-refractivity contribution in [3.8, 4) is 0 Å². The van der Waals surface area contributed by atoms with Gasteiger partial charge in [0.25, 0.3) is 0 Å². The molecule has 1 aromatic heterocycles. The van der Waals surface area contributed by atoms with Crippen molar-refractivity contribution >= 4 is 22.8 Å². The van der Waals surface area contributed by atoms with Gasteiger partial charge in [0.2, 0.25) is 0 Å². The van der Waals surface area contributed by atoms with Crippen LogP contribution in [0.1, 0.15) is 53.9 Å². The molecule has 2 fully saturated rings. The molecule has 18 heavy (non-hydrogen) atoms. The number of aryl methyl sites for hydroxylation is 1. The summed E-state index contributed by atoms with van der Waals surface area (Å²) >= 11 is 1.57. The van der Waals surface area contributed by atoms with Gasteiger partial charge in [-0.25, -0.2) is 4.98 Å². The molecule has 0 N–H and O–H groups in total. The quantitative estimate of drug-likeness (QED) is 0.767. The van der Waals surface area contributed by atoms with Crippen molar-refractivity contribution < 1.29 is 4.79 Å². The van der Waals surface area contributed by atoms with E-state index in [0.717, 1.165) is 34.5 Å². The van der Waals surface area contributed by atoms with Crippen LogP contribution in [-0.4, -0.2) is 23.9 Å². The fourth-order valence-corrected chi connectivity index (χ4v) is 4.45. The van der Waals surface area contributed by atoms with Gasteiger partial charge in [0.05, 0.1) is 10.6 Å². The summed E-state index contributed by atoms with van der Waals surface area (Å²) in [6.45, 7) is 3.05. The van der Waals surface area contributed by atoms with Gasteiger partial charge >= 0.3 is 0 Å². The summed E-state index contributed by atoms with van der Waals surface area (Å²) in [4.78, 5) is 18.8. The molecule has 1 saturated heterocycles. The molecule has 0 spiro atoms. The zero-order chi connectivity index (χ0) is 12.5. The molecule has 4 heteroatoms. The van der Waals surface area contributed by atoms with Gasteiger partial charge in [0.15, 0.2) is 11.4 Å². The third kappa shape index (κ3) is 2.07. The van der Waals surface area contributed by atoms with Crippen LogP contribution in [0.15, 0.2) is 0 Å². The number of anilines is 1. The van der Waals surface area contributed by atoms with Crippen molar-refractivity contribution in [3.05, 3.63) is 10.6 Å². The van der Waals surface area contributed by atoms with Crippen molar-refractivity contribution in [1.82, 2.24) is 4.98 Å². The van der Waals surface area contributed by atoms with E-state index < -0.39 is 0 Å². The van der Waals surface area contributed by atoms with Crippen LogP contribution < -0.4 is 4.90 Å². The van der Waals surface area contributed by atoms with Gasteiger partial charge in [0.1, 0.15) is 0 Å². The first-order valence-corrected chi connectivity index (χ1v) is 7.80. The number of thiazole rings is 1. The lowest BCUT2D eigenvalue weighted by molar-refractivity contribution is 0.112.